The highest BCUT2D eigenvalue weighted by Crippen LogP contribution is 2.08. The van der Waals surface area contributed by atoms with Crippen LogP contribution in [0.3, 0.4) is 0 Å². The van der Waals surface area contributed by atoms with Gasteiger partial charge in [0.1, 0.15) is 0 Å². The highest BCUT2D eigenvalue weighted by atomic mass is 16.5. The lowest BCUT2D eigenvalue weighted by molar-refractivity contribution is 0.0695. The molecule has 1 aromatic rings. The minimum absolute atomic E-state index is 0.0266. The highest BCUT2D eigenvalue weighted by molar-refractivity contribution is 5.89. The van der Waals surface area contributed by atoms with Crippen LogP contribution in [0.5, 0.6) is 0 Å². The van der Waals surface area contributed by atoms with Crippen molar-refractivity contribution in [2.24, 2.45) is 0 Å². The molecule has 0 heterocycles. The second kappa shape index (κ2) is 8.97. The molecule has 1 aromatic carbocycles. The first-order chi connectivity index (χ1) is 10.1. The number of rotatable bonds is 8. The van der Waals surface area contributed by atoms with Crippen LogP contribution >= 0.6 is 0 Å². The van der Waals surface area contributed by atoms with Crippen LogP contribution in [0, 0.1) is 0 Å². The van der Waals surface area contributed by atoms with Gasteiger partial charge in [0, 0.05) is 13.7 Å². The number of carbonyl (C=O) groups is 2. The maximum Gasteiger partial charge on any atom is 0.335 e. The maximum absolute atomic E-state index is 11.7. The lowest BCUT2D eigenvalue weighted by Crippen LogP contribution is -2.44. The molecule has 0 spiro atoms. The van der Waals surface area contributed by atoms with Crippen molar-refractivity contribution in [2.75, 3.05) is 20.3 Å². The SMILES string of the molecule is CCC(COC)NC(=O)NCCc1ccccc1C(=O)O. The van der Waals surface area contributed by atoms with E-state index in [0.717, 1.165) is 6.42 Å². The summed E-state index contributed by atoms with van der Waals surface area (Å²) in [4.78, 5) is 22.8. The Morgan fingerprint density at radius 3 is 2.67 bits per heavy atom. The van der Waals surface area contributed by atoms with E-state index >= 15 is 0 Å². The standard InChI is InChI=1S/C15H22N2O4/c1-3-12(10-21-2)17-15(20)16-9-8-11-6-4-5-7-13(11)14(18)19/h4-7,12H,3,8-10H2,1-2H3,(H,18,19)(H2,16,17,20). The Kier molecular flexibility index (Phi) is 7.25. The van der Waals surface area contributed by atoms with Crippen LogP contribution in [-0.2, 0) is 11.2 Å². The number of aromatic carboxylic acids is 1. The van der Waals surface area contributed by atoms with Gasteiger partial charge < -0.3 is 20.5 Å². The molecule has 0 radical (unpaired) electrons. The van der Waals surface area contributed by atoms with Crippen molar-refractivity contribution in [1.29, 1.82) is 0 Å². The van der Waals surface area contributed by atoms with Gasteiger partial charge >= 0.3 is 12.0 Å². The van der Waals surface area contributed by atoms with E-state index in [4.69, 9.17) is 9.84 Å². The Labute approximate surface area is 124 Å². The van der Waals surface area contributed by atoms with Crippen molar-refractivity contribution < 1.29 is 19.4 Å². The van der Waals surface area contributed by atoms with Crippen molar-refractivity contribution >= 4 is 12.0 Å². The van der Waals surface area contributed by atoms with Gasteiger partial charge in [-0.15, -0.1) is 0 Å². The van der Waals surface area contributed by atoms with Crippen molar-refractivity contribution in [1.82, 2.24) is 10.6 Å². The molecule has 0 aliphatic carbocycles. The molecular weight excluding hydrogens is 272 g/mol. The normalized spacial score (nSPS) is 11.7. The van der Waals surface area contributed by atoms with Gasteiger partial charge in [-0.05, 0) is 24.5 Å². The number of hydrogen-bond donors (Lipinski definition) is 3. The number of methoxy groups -OCH3 is 1. The number of hydrogen-bond acceptors (Lipinski definition) is 3. The molecule has 0 fully saturated rings. The molecule has 0 aliphatic heterocycles. The summed E-state index contributed by atoms with van der Waals surface area (Å²) in [7, 11) is 1.59. The lowest BCUT2D eigenvalue weighted by atomic mass is 10.0. The second-order valence-electron chi connectivity index (χ2n) is 4.67. The molecule has 2 amide bonds. The van der Waals surface area contributed by atoms with Gasteiger partial charge in [-0.2, -0.15) is 0 Å². The van der Waals surface area contributed by atoms with E-state index in [1.54, 1.807) is 31.4 Å². The monoisotopic (exact) mass is 294 g/mol. The Morgan fingerprint density at radius 1 is 1.33 bits per heavy atom. The minimum atomic E-state index is -0.957. The molecular formula is C15H22N2O4. The number of benzene rings is 1. The first-order valence-corrected chi connectivity index (χ1v) is 6.93. The average molecular weight is 294 g/mol. The first kappa shape index (κ1) is 17.0. The van der Waals surface area contributed by atoms with Gasteiger partial charge in [0.25, 0.3) is 0 Å². The molecule has 0 bridgehead atoms. The minimum Gasteiger partial charge on any atom is -0.478 e. The van der Waals surface area contributed by atoms with E-state index in [1.165, 1.54) is 0 Å². The molecule has 21 heavy (non-hydrogen) atoms. The fourth-order valence-electron chi connectivity index (χ4n) is 1.96. The zero-order valence-electron chi connectivity index (χ0n) is 12.4. The van der Waals surface area contributed by atoms with E-state index in [0.29, 0.717) is 25.1 Å². The Hall–Kier alpha value is -2.08. The van der Waals surface area contributed by atoms with Crippen molar-refractivity contribution in [3.05, 3.63) is 35.4 Å². The predicted molar refractivity (Wildman–Crippen MR) is 79.6 cm³/mol. The Morgan fingerprint density at radius 2 is 2.05 bits per heavy atom. The van der Waals surface area contributed by atoms with E-state index in [1.807, 2.05) is 6.92 Å². The number of ether oxygens (including phenoxy) is 1. The molecule has 1 rings (SSSR count). The summed E-state index contributed by atoms with van der Waals surface area (Å²) in [5.41, 5.74) is 0.972. The number of nitrogens with one attached hydrogen (secondary N) is 2. The van der Waals surface area contributed by atoms with Gasteiger partial charge in [-0.3, -0.25) is 0 Å². The fourth-order valence-corrected chi connectivity index (χ4v) is 1.96. The number of carboxylic acids is 1. The molecule has 116 valence electrons. The van der Waals surface area contributed by atoms with Crippen LogP contribution in [-0.4, -0.2) is 43.4 Å². The summed E-state index contributed by atoms with van der Waals surface area (Å²) in [6.07, 6.45) is 1.25. The van der Waals surface area contributed by atoms with Gasteiger partial charge in [0.2, 0.25) is 0 Å². The van der Waals surface area contributed by atoms with Crippen LogP contribution in [0.25, 0.3) is 0 Å². The van der Waals surface area contributed by atoms with Crippen LogP contribution in [0.1, 0.15) is 29.3 Å². The quantitative estimate of drug-likeness (QED) is 0.680. The smallest absolute Gasteiger partial charge is 0.335 e. The van der Waals surface area contributed by atoms with Crippen LogP contribution in [0.2, 0.25) is 0 Å². The molecule has 0 saturated carbocycles. The number of urea groups is 1. The summed E-state index contributed by atoms with van der Waals surface area (Å²) in [5.74, 6) is -0.957. The van der Waals surface area contributed by atoms with Gasteiger partial charge in [0.15, 0.2) is 0 Å². The topological polar surface area (TPSA) is 87.7 Å². The summed E-state index contributed by atoms with van der Waals surface area (Å²) in [6.45, 7) is 2.80. The third-order valence-corrected chi connectivity index (χ3v) is 3.12. The van der Waals surface area contributed by atoms with Crippen molar-refractivity contribution in [3.63, 3.8) is 0 Å². The molecule has 0 aliphatic rings. The van der Waals surface area contributed by atoms with Crippen LogP contribution in [0.4, 0.5) is 4.79 Å². The van der Waals surface area contributed by atoms with Gasteiger partial charge in [-0.25, -0.2) is 9.59 Å². The average Bonchev–Trinajstić information content (AvgIpc) is 2.47. The lowest BCUT2D eigenvalue weighted by Gasteiger charge is -2.16. The molecule has 3 N–H and O–H groups in total. The van der Waals surface area contributed by atoms with E-state index < -0.39 is 5.97 Å². The summed E-state index contributed by atoms with van der Waals surface area (Å²) >= 11 is 0. The number of carbonyl (C=O) groups excluding carboxylic acids is 1. The maximum atomic E-state index is 11.7. The molecule has 6 heteroatoms. The van der Waals surface area contributed by atoms with Crippen LogP contribution < -0.4 is 10.6 Å². The van der Waals surface area contributed by atoms with Gasteiger partial charge in [-0.1, -0.05) is 25.1 Å². The zero-order valence-corrected chi connectivity index (χ0v) is 12.4. The molecule has 6 nitrogen and oxygen atoms in total. The van der Waals surface area contributed by atoms with Crippen molar-refractivity contribution in [2.45, 2.75) is 25.8 Å². The third-order valence-electron chi connectivity index (χ3n) is 3.12. The van der Waals surface area contributed by atoms with E-state index in [9.17, 15) is 9.59 Å². The third kappa shape index (κ3) is 5.83. The fraction of sp³-hybridized carbons (Fsp3) is 0.467. The van der Waals surface area contributed by atoms with E-state index in [-0.39, 0.29) is 17.6 Å². The summed E-state index contributed by atoms with van der Waals surface area (Å²) in [5, 5.41) is 14.6. The second-order valence-corrected chi connectivity index (χ2v) is 4.67. The molecule has 1 unspecified atom stereocenters. The Balaban J connectivity index is 2.43. The number of amides is 2. The largest absolute Gasteiger partial charge is 0.478 e. The van der Waals surface area contributed by atoms with E-state index in [2.05, 4.69) is 10.6 Å². The molecule has 0 aromatic heterocycles. The Bertz CT molecular complexity index is 476. The summed E-state index contributed by atoms with van der Waals surface area (Å²) in [6, 6.07) is 6.48. The number of carboxylic acid groups (broad SMARTS) is 1. The first-order valence-electron chi connectivity index (χ1n) is 6.93. The summed E-state index contributed by atoms with van der Waals surface area (Å²) < 4.78 is 5.00. The van der Waals surface area contributed by atoms with Crippen LogP contribution in [0.15, 0.2) is 24.3 Å². The predicted octanol–water partition coefficient (Wildman–Crippen LogP) is 1.65. The highest BCUT2D eigenvalue weighted by Gasteiger charge is 2.11. The zero-order chi connectivity index (χ0) is 15.7. The van der Waals surface area contributed by atoms with Gasteiger partial charge in [0.05, 0.1) is 18.2 Å². The molecule has 1 atom stereocenters. The molecule has 0 saturated heterocycles. The van der Waals surface area contributed by atoms with Crippen molar-refractivity contribution in [3.8, 4) is 0 Å².